The molecule has 0 radical (unpaired) electrons. The predicted molar refractivity (Wildman–Crippen MR) is 112 cm³/mol. The predicted octanol–water partition coefficient (Wildman–Crippen LogP) is 3.99. The summed E-state index contributed by atoms with van der Waals surface area (Å²) in [5, 5.41) is 20.8. The number of nitrogens with one attached hydrogen (secondary N) is 2. The summed E-state index contributed by atoms with van der Waals surface area (Å²) in [6.07, 6.45) is 2.26. The van der Waals surface area contributed by atoms with Crippen molar-refractivity contribution in [3.8, 4) is 5.75 Å². The first-order chi connectivity index (χ1) is 14.4. The number of carbonyl (C=O) groups is 3. The Bertz CT molecular complexity index is 917. The molecule has 158 valence electrons. The Morgan fingerprint density at radius 1 is 1.13 bits per heavy atom. The van der Waals surface area contributed by atoms with Gasteiger partial charge in [-0.1, -0.05) is 40.2 Å². The highest BCUT2D eigenvalue weighted by Crippen LogP contribution is 2.33. The quantitative estimate of drug-likeness (QED) is 0.197. The van der Waals surface area contributed by atoms with Crippen molar-refractivity contribution in [3.63, 3.8) is 0 Å². The van der Waals surface area contributed by atoms with Crippen molar-refractivity contribution in [2.75, 3.05) is 0 Å². The number of ether oxygens (including phenoxy) is 1. The number of halogens is 1. The number of aromatic hydroxyl groups is 1. The number of imide groups is 1. The van der Waals surface area contributed by atoms with Crippen LogP contribution in [0, 0.1) is 0 Å². The van der Waals surface area contributed by atoms with E-state index in [2.05, 4.69) is 21.2 Å². The van der Waals surface area contributed by atoms with E-state index in [9.17, 15) is 19.5 Å². The highest BCUT2D eigenvalue weighted by Gasteiger charge is 2.21. The average molecular weight is 477 g/mol. The molecular weight excluding hydrogens is 456 g/mol. The van der Waals surface area contributed by atoms with Crippen LogP contribution in [0.3, 0.4) is 0 Å². The molecule has 1 atom stereocenters. The molecule has 9 heteroatoms. The molecule has 2 aromatic rings. The molecule has 3 amide bonds. The van der Waals surface area contributed by atoms with E-state index in [1.807, 2.05) is 0 Å². The number of benzene rings is 2. The summed E-state index contributed by atoms with van der Waals surface area (Å²) in [6, 6.07) is 13.0. The first-order valence-electron chi connectivity index (χ1n) is 9.06. The molecule has 0 bridgehead atoms. The van der Waals surface area contributed by atoms with Gasteiger partial charge in [-0.25, -0.2) is 10.3 Å². The van der Waals surface area contributed by atoms with Crippen molar-refractivity contribution >= 4 is 33.8 Å². The van der Waals surface area contributed by atoms with Crippen molar-refractivity contribution in [1.82, 2.24) is 10.8 Å². The minimum atomic E-state index is -0.941. The van der Waals surface area contributed by atoms with Crippen molar-refractivity contribution in [2.24, 2.45) is 0 Å². The maximum atomic E-state index is 12.3. The van der Waals surface area contributed by atoms with Crippen molar-refractivity contribution in [3.05, 3.63) is 76.3 Å². The van der Waals surface area contributed by atoms with Crippen LogP contribution in [0.1, 0.15) is 41.3 Å². The monoisotopic (exact) mass is 476 g/mol. The van der Waals surface area contributed by atoms with E-state index in [4.69, 9.17) is 9.94 Å². The Labute approximate surface area is 181 Å². The third kappa shape index (κ3) is 7.34. The number of allylic oxidation sites excluding steroid dienone is 1. The van der Waals surface area contributed by atoms with Gasteiger partial charge in [0.05, 0.1) is 0 Å². The number of hydrogen-bond donors (Lipinski definition) is 4. The van der Waals surface area contributed by atoms with Gasteiger partial charge in [0, 0.05) is 21.7 Å². The zero-order chi connectivity index (χ0) is 21.9. The fourth-order valence-corrected chi connectivity index (χ4v) is 3.00. The lowest BCUT2D eigenvalue weighted by molar-refractivity contribution is -0.124. The molecule has 0 aliphatic carbocycles. The highest BCUT2D eigenvalue weighted by molar-refractivity contribution is 9.10. The third-order valence-corrected chi connectivity index (χ3v) is 4.55. The molecule has 4 N–H and O–H groups in total. The Balaban J connectivity index is 2.06. The van der Waals surface area contributed by atoms with Gasteiger partial charge in [0.2, 0.25) is 0 Å². The van der Waals surface area contributed by atoms with E-state index < -0.39 is 24.0 Å². The number of unbranched alkanes of at least 4 members (excludes halogenated alkanes) is 1. The van der Waals surface area contributed by atoms with Crippen LogP contribution in [0.25, 0.3) is 0 Å². The van der Waals surface area contributed by atoms with E-state index in [0.717, 1.165) is 0 Å². The molecule has 0 unspecified atom stereocenters. The average Bonchev–Trinajstić information content (AvgIpc) is 2.74. The minimum absolute atomic E-state index is 0.0550. The number of rotatable bonds is 8. The normalized spacial score (nSPS) is 11.7. The van der Waals surface area contributed by atoms with Crippen LogP contribution in [-0.2, 0) is 9.53 Å². The Morgan fingerprint density at radius 2 is 1.87 bits per heavy atom. The van der Waals surface area contributed by atoms with Crippen molar-refractivity contribution < 1.29 is 29.4 Å². The highest BCUT2D eigenvalue weighted by atomic mass is 79.9. The number of alkyl carbamates (subject to hydrolysis) is 1. The first-order valence-corrected chi connectivity index (χ1v) is 9.86. The number of hydrogen-bond acceptors (Lipinski definition) is 6. The molecule has 0 aliphatic rings. The van der Waals surface area contributed by atoms with Crippen molar-refractivity contribution in [1.29, 1.82) is 0 Å². The molecular formula is C21H21BrN2O6. The molecule has 0 saturated carbocycles. The lowest BCUT2D eigenvalue weighted by Crippen LogP contribution is -2.32. The number of hydroxylamine groups is 1. The molecule has 0 heterocycles. The van der Waals surface area contributed by atoms with Crippen LogP contribution < -0.4 is 10.8 Å². The summed E-state index contributed by atoms with van der Waals surface area (Å²) < 4.78 is 6.10. The SMILES string of the molecule is O=C(/C=C/CCC[C@H](OC(=O)NC(=O)c1ccccc1)c1cc(Br)ccc1O)NO. The van der Waals surface area contributed by atoms with Gasteiger partial charge in [-0.15, -0.1) is 0 Å². The summed E-state index contributed by atoms with van der Waals surface area (Å²) in [4.78, 5) is 35.4. The maximum Gasteiger partial charge on any atom is 0.414 e. The van der Waals surface area contributed by atoms with Crippen molar-refractivity contribution in [2.45, 2.75) is 25.4 Å². The van der Waals surface area contributed by atoms with Crippen LogP contribution in [0.5, 0.6) is 5.75 Å². The number of phenols is 1. The summed E-state index contributed by atoms with van der Waals surface area (Å²) in [7, 11) is 0. The number of phenolic OH excluding ortho intramolecular Hbond substituents is 1. The number of amides is 3. The van der Waals surface area contributed by atoms with Gasteiger partial charge in [-0.2, -0.15) is 0 Å². The second-order valence-corrected chi connectivity index (χ2v) is 7.14. The summed E-state index contributed by atoms with van der Waals surface area (Å²) in [5.41, 5.74) is 2.18. The fourth-order valence-electron chi connectivity index (χ4n) is 2.62. The summed E-state index contributed by atoms with van der Waals surface area (Å²) in [5.74, 6) is -1.30. The van der Waals surface area contributed by atoms with E-state index in [1.54, 1.807) is 48.5 Å². The molecule has 0 aliphatic heterocycles. The molecule has 0 fully saturated rings. The topological polar surface area (TPSA) is 125 Å². The van der Waals surface area contributed by atoms with Gasteiger partial charge in [0.1, 0.15) is 11.9 Å². The second kappa shape index (κ2) is 11.7. The molecule has 8 nitrogen and oxygen atoms in total. The molecule has 0 aromatic heterocycles. The fraction of sp³-hybridized carbons (Fsp3) is 0.190. The first kappa shape index (κ1) is 23.1. The van der Waals surface area contributed by atoms with E-state index in [0.29, 0.717) is 34.9 Å². The minimum Gasteiger partial charge on any atom is -0.508 e. The Hall–Kier alpha value is -3.17. The standard InChI is InChI=1S/C21H21BrN2O6/c22-15-11-12-17(25)16(13-15)18(9-5-2-6-10-19(26)24-29)30-21(28)23-20(27)14-7-3-1-4-8-14/h1,3-4,6-8,10-13,18,25,29H,2,5,9H2,(H,24,26)(H,23,27,28)/b10-6+/t18-/m0/s1. The summed E-state index contributed by atoms with van der Waals surface area (Å²) in [6.45, 7) is 0. The van der Waals surface area contributed by atoms with Gasteiger partial charge in [-0.05, 0) is 49.6 Å². The van der Waals surface area contributed by atoms with Gasteiger partial charge >= 0.3 is 6.09 Å². The van der Waals surface area contributed by atoms with Gasteiger partial charge in [0.15, 0.2) is 0 Å². The molecule has 0 spiro atoms. The van der Waals surface area contributed by atoms with E-state index in [1.165, 1.54) is 17.6 Å². The van der Waals surface area contributed by atoms with E-state index >= 15 is 0 Å². The van der Waals surface area contributed by atoms with E-state index in [-0.39, 0.29) is 5.75 Å². The zero-order valence-electron chi connectivity index (χ0n) is 15.9. The van der Waals surface area contributed by atoms with Crippen LogP contribution in [-0.4, -0.2) is 28.2 Å². The third-order valence-electron chi connectivity index (χ3n) is 4.05. The Kier molecular flexibility index (Phi) is 9.04. The smallest absolute Gasteiger partial charge is 0.414 e. The molecule has 0 saturated heterocycles. The van der Waals surface area contributed by atoms with Gasteiger partial charge in [-0.3, -0.25) is 20.1 Å². The number of carbonyl (C=O) groups excluding carboxylic acids is 3. The zero-order valence-corrected chi connectivity index (χ0v) is 17.5. The van der Waals surface area contributed by atoms with Gasteiger partial charge < -0.3 is 9.84 Å². The molecule has 2 aromatic carbocycles. The largest absolute Gasteiger partial charge is 0.508 e. The molecule has 30 heavy (non-hydrogen) atoms. The van der Waals surface area contributed by atoms with Crippen LogP contribution in [0.15, 0.2) is 65.2 Å². The second-order valence-electron chi connectivity index (χ2n) is 6.23. The van der Waals surface area contributed by atoms with Crippen LogP contribution in [0.4, 0.5) is 4.79 Å². The van der Waals surface area contributed by atoms with Gasteiger partial charge in [0.25, 0.3) is 11.8 Å². The van der Waals surface area contributed by atoms with Crippen LogP contribution >= 0.6 is 15.9 Å². The molecule has 2 rings (SSSR count). The lowest BCUT2D eigenvalue weighted by Gasteiger charge is -2.19. The lowest BCUT2D eigenvalue weighted by atomic mass is 10.0. The Morgan fingerprint density at radius 3 is 2.57 bits per heavy atom. The maximum absolute atomic E-state index is 12.3. The summed E-state index contributed by atoms with van der Waals surface area (Å²) >= 11 is 3.32. The van der Waals surface area contributed by atoms with Crippen LogP contribution in [0.2, 0.25) is 0 Å².